The van der Waals surface area contributed by atoms with Gasteiger partial charge in [-0.1, -0.05) is 19.3 Å². The van der Waals surface area contributed by atoms with E-state index in [4.69, 9.17) is 0 Å². The molecular formula is C17H28N4S2. The highest BCUT2D eigenvalue weighted by Crippen LogP contribution is 2.42. The molecular weight excluding hydrogens is 324 g/mol. The molecule has 1 aromatic heterocycles. The molecule has 0 bridgehead atoms. The molecule has 0 atom stereocenters. The SMILES string of the molecule is CN=C(NCc1nc(C)c(C)s1)N1CCSC2(CCCCC2)C1. The van der Waals surface area contributed by atoms with Crippen LogP contribution in [0.15, 0.2) is 4.99 Å². The molecule has 4 nitrogen and oxygen atoms in total. The van der Waals surface area contributed by atoms with Gasteiger partial charge in [-0.2, -0.15) is 11.8 Å². The second kappa shape index (κ2) is 7.43. The fourth-order valence-corrected chi connectivity index (χ4v) is 6.07. The number of thioether (sulfide) groups is 1. The van der Waals surface area contributed by atoms with Crippen molar-refractivity contribution in [1.82, 2.24) is 15.2 Å². The van der Waals surface area contributed by atoms with Gasteiger partial charge in [0.25, 0.3) is 0 Å². The topological polar surface area (TPSA) is 40.5 Å². The Bertz CT molecular complexity index is 536. The number of nitrogens with zero attached hydrogens (tertiary/aromatic N) is 3. The predicted molar refractivity (Wildman–Crippen MR) is 102 cm³/mol. The highest BCUT2D eigenvalue weighted by Gasteiger charge is 2.38. The van der Waals surface area contributed by atoms with Gasteiger partial charge >= 0.3 is 0 Å². The molecule has 2 heterocycles. The Morgan fingerprint density at radius 2 is 2.09 bits per heavy atom. The summed E-state index contributed by atoms with van der Waals surface area (Å²) < 4.78 is 0.475. The first-order valence-electron chi connectivity index (χ1n) is 8.64. The minimum absolute atomic E-state index is 0.475. The molecule has 6 heteroatoms. The van der Waals surface area contributed by atoms with E-state index >= 15 is 0 Å². The first kappa shape index (κ1) is 17.1. The maximum absolute atomic E-state index is 4.62. The van der Waals surface area contributed by atoms with E-state index in [1.54, 1.807) is 11.3 Å². The summed E-state index contributed by atoms with van der Waals surface area (Å²) in [4.78, 5) is 12.9. The lowest BCUT2D eigenvalue weighted by Gasteiger charge is -2.45. The summed E-state index contributed by atoms with van der Waals surface area (Å²) in [5.74, 6) is 2.26. The molecule has 1 aliphatic carbocycles. The van der Waals surface area contributed by atoms with Crippen LogP contribution in [0.2, 0.25) is 0 Å². The average molecular weight is 353 g/mol. The van der Waals surface area contributed by atoms with Crippen LogP contribution in [-0.2, 0) is 6.54 Å². The standard InChI is InChI=1S/C17H28N4S2/c1-13-14(2)23-15(20-13)11-19-16(18-3)21-9-10-22-17(12-21)7-5-4-6-8-17/h4-12H2,1-3H3,(H,18,19). The van der Waals surface area contributed by atoms with Gasteiger partial charge in [-0.05, 0) is 26.7 Å². The van der Waals surface area contributed by atoms with E-state index in [1.165, 1.54) is 42.7 Å². The van der Waals surface area contributed by atoms with E-state index in [0.717, 1.165) is 36.3 Å². The first-order chi connectivity index (χ1) is 11.1. The van der Waals surface area contributed by atoms with Crippen molar-refractivity contribution in [3.8, 4) is 0 Å². The second-order valence-corrected chi connectivity index (χ2v) is 9.51. The number of thiazole rings is 1. The molecule has 0 radical (unpaired) electrons. The summed E-state index contributed by atoms with van der Waals surface area (Å²) in [6.07, 6.45) is 6.94. The van der Waals surface area contributed by atoms with Crippen LogP contribution < -0.4 is 5.32 Å². The first-order valence-corrected chi connectivity index (χ1v) is 10.4. The van der Waals surface area contributed by atoms with Crippen molar-refractivity contribution in [3.63, 3.8) is 0 Å². The van der Waals surface area contributed by atoms with Gasteiger partial charge in [0, 0.05) is 35.5 Å². The maximum Gasteiger partial charge on any atom is 0.194 e. The summed E-state index contributed by atoms with van der Waals surface area (Å²) in [5.41, 5.74) is 1.15. The largest absolute Gasteiger partial charge is 0.350 e. The second-order valence-electron chi connectivity index (χ2n) is 6.66. The van der Waals surface area contributed by atoms with E-state index in [9.17, 15) is 0 Å². The molecule has 1 aromatic rings. The number of guanidine groups is 1. The summed E-state index contributed by atoms with van der Waals surface area (Å²) in [5, 5.41) is 4.69. The number of nitrogens with one attached hydrogen (secondary N) is 1. The third-order valence-electron chi connectivity index (χ3n) is 5.00. The van der Waals surface area contributed by atoms with Gasteiger partial charge in [-0.25, -0.2) is 4.98 Å². The number of hydrogen-bond acceptors (Lipinski definition) is 4. The number of aromatic nitrogens is 1. The average Bonchev–Trinajstić information content (AvgIpc) is 2.87. The normalized spacial score (nSPS) is 21.7. The summed E-state index contributed by atoms with van der Waals surface area (Å²) in [7, 11) is 1.90. The lowest BCUT2D eigenvalue weighted by atomic mass is 9.87. The number of rotatable bonds is 2. The Hall–Kier alpha value is -0.750. The van der Waals surface area contributed by atoms with Crippen LogP contribution >= 0.6 is 23.1 Å². The van der Waals surface area contributed by atoms with E-state index in [0.29, 0.717) is 4.75 Å². The van der Waals surface area contributed by atoms with Gasteiger partial charge in [0.05, 0.1) is 12.2 Å². The highest BCUT2D eigenvalue weighted by atomic mass is 32.2. The van der Waals surface area contributed by atoms with Crippen molar-refractivity contribution >= 4 is 29.1 Å². The van der Waals surface area contributed by atoms with E-state index in [-0.39, 0.29) is 0 Å². The van der Waals surface area contributed by atoms with E-state index < -0.39 is 0 Å². The Kier molecular flexibility index (Phi) is 5.52. The molecule has 23 heavy (non-hydrogen) atoms. The summed E-state index contributed by atoms with van der Waals surface area (Å²) in [6.45, 7) is 7.25. The Morgan fingerprint density at radius 1 is 1.30 bits per heavy atom. The van der Waals surface area contributed by atoms with Gasteiger partial charge < -0.3 is 10.2 Å². The monoisotopic (exact) mass is 352 g/mol. The van der Waals surface area contributed by atoms with Crippen molar-refractivity contribution in [2.75, 3.05) is 25.9 Å². The lowest BCUT2D eigenvalue weighted by Crippen LogP contribution is -2.53. The Balaban J connectivity index is 1.61. The molecule has 1 saturated heterocycles. The quantitative estimate of drug-likeness (QED) is 0.652. The van der Waals surface area contributed by atoms with Crippen molar-refractivity contribution < 1.29 is 0 Å². The number of hydrogen-bond donors (Lipinski definition) is 1. The minimum atomic E-state index is 0.475. The zero-order valence-electron chi connectivity index (χ0n) is 14.5. The van der Waals surface area contributed by atoms with Crippen molar-refractivity contribution in [3.05, 3.63) is 15.6 Å². The molecule has 3 rings (SSSR count). The summed E-state index contributed by atoms with van der Waals surface area (Å²) >= 11 is 3.99. The minimum Gasteiger partial charge on any atom is -0.350 e. The molecule has 2 aliphatic rings. The molecule has 128 valence electrons. The van der Waals surface area contributed by atoms with Gasteiger partial charge in [0.2, 0.25) is 0 Å². The van der Waals surface area contributed by atoms with Crippen LogP contribution in [-0.4, -0.2) is 46.5 Å². The third-order valence-corrected chi connectivity index (χ3v) is 7.60. The van der Waals surface area contributed by atoms with Crippen molar-refractivity contribution in [2.24, 2.45) is 4.99 Å². The van der Waals surface area contributed by atoms with Gasteiger partial charge in [0.1, 0.15) is 5.01 Å². The smallest absolute Gasteiger partial charge is 0.194 e. The van der Waals surface area contributed by atoms with Gasteiger partial charge in [0.15, 0.2) is 5.96 Å². The van der Waals surface area contributed by atoms with Crippen LogP contribution in [0.3, 0.4) is 0 Å². The highest BCUT2D eigenvalue weighted by molar-refractivity contribution is 8.00. The van der Waals surface area contributed by atoms with Gasteiger partial charge in [-0.15, -0.1) is 11.3 Å². The molecule has 1 aliphatic heterocycles. The molecule has 0 unspecified atom stereocenters. The van der Waals surface area contributed by atoms with E-state index in [1.807, 2.05) is 7.05 Å². The Labute approximate surface area is 148 Å². The molecule has 1 spiro atoms. The van der Waals surface area contributed by atoms with Gasteiger partial charge in [-0.3, -0.25) is 4.99 Å². The number of aliphatic imine (C=N–C) groups is 1. The van der Waals surface area contributed by atoms with Crippen LogP contribution in [0, 0.1) is 13.8 Å². The summed E-state index contributed by atoms with van der Waals surface area (Å²) in [6, 6.07) is 0. The zero-order valence-corrected chi connectivity index (χ0v) is 16.2. The molecule has 2 fully saturated rings. The van der Waals surface area contributed by atoms with Crippen LogP contribution in [0.25, 0.3) is 0 Å². The fourth-order valence-electron chi connectivity index (χ4n) is 3.63. The maximum atomic E-state index is 4.62. The van der Waals surface area contributed by atoms with Crippen molar-refractivity contribution in [2.45, 2.75) is 57.2 Å². The van der Waals surface area contributed by atoms with Crippen LogP contribution in [0.1, 0.15) is 47.7 Å². The third kappa shape index (κ3) is 4.02. The molecule has 0 amide bonds. The van der Waals surface area contributed by atoms with E-state index in [2.05, 4.69) is 45.8 Å². The molecule has 1 saturated carbocycles. The van der Waals surface area contributed by atoms with Crippen LogP contribution in [0.4, 0.5) is 0 Å². The van der Waals surface area contributed by atoms with Crippen LogP contribution in [0.5, 0.6) is 0 Å². The Morgan fingerprint density at radius 3 is 2.74 bits per heavy atom. The number of aryl methyl sites for hydroxylation is 2. The fraction of sp³-hybridized carbons (Fsp3) is 0.765. The lowest BCUT2D eigenvalue weighted by molar-refractivity contribution is 0.293. The molecule has 1 N–H and O–H groups in total. The molecule has 0 aromatic carbocycles. The van der Waals surface area contributed by atoms with Crippen molar-refractivity contribution in [1.29, 1.82) is 0 Å². The zero-order chi connectivity index (χ0) is 16.3. The predicted octanol–water partition coefficient (Wildman–Crippen LogP) is 3.59.